The van der Waals surface area contributed by atoms with Crippen molar-refractivity contribution in [1.82, 2.24) is 0 Å². The van der Waals surface area contributed by atoms with Crippen molar-refractivity contribution in [3.05, 3.63) is 316 Å². The number of benzene rings is 8. The quantitative estimate of drug-likeness (QED) is 0.110. The van der Waals surface area contributed by atoms with Crippen LogP contribution >= 0.6 is 0 Å². The Morgan fingerprint density at radius 3 is 2.02 bits per heavy atom. The number of hydrogen-bond acceptors (Lipinski definition) is 1. The second-order valence-corrected chi connectivity index (χ2v) is 26.9. The van der Waals surface area contributed by atoms with Crippen molar-refractivity contribution in [2.45, 2.75) is 115 Å². The summed E-state index contributed by atoms with van der Waals surface area (Å²) < 4.78 is 0. The maximum atomic E-state index is 4.32. The predicted molar refractivity (Wildman–Crippen MR) is 378 cm³/mol. The van der Waals surface area contributed by atoms with E-state index in [1.807, 2.05) is 6.08 Å². The highest BCUT2D eigenvalue weighted by molar-refractivity contribution is 6.02. The van der Waals surface area contributed by atoms with Crippen LogP contribution in [0.2, 0.25) is 0 Å². The normalized spacial score (nSPS) is 22.3. The number of anilines is 2. The van der Waals surface area contributed by atoms with E-state index in [0.29, 0.717) is 11.8 Å². The van der Waals surface area contributed by atoms with Gasteiger partial charge in [-0.15, -0.1) is 0 Å². The fourth-order valence-corrected chi connectivity index (χ4v) is 15.9. The highest BCUT2D eigenvalue weighted by Gasteiger charge is 2.49. The molecule has 1 saturated carbocycles. The van der Waals surface area contributed by atoms with E-state index in [9.17, 15) is 0 Å². The van der Waals surface area contributed by atoms with Gasteiger partial charge < -0.3 is 4.90 Å². The minimum absolute atomic E-state index is 0.0801. The highest BCUT2D eigenvalue weighted by atomic mass is 15.2. The third-order valence-corrected chi connectivity index (χ3v) is 20.7. The summed E-state index contributed by atoms with van der Waals surface area (Å²) >= 11 is 0. The Hall–Kier alpha value is -8.78. The van der Waals surface area contributed by atoms with Crippen molar-refractivity contribution in [2.24, 2.45) is 17.8 Å². The minimum atomic E-state index is 0.0801. The van der Waals surface area contributed by atoms with Gasteiger partial charge in [-0.05, 0) is 211 Å². The van der Waals surface area contributed by atoms with Gasteiger partial charge in [-0.1, -0.05) is 277 Å². The molecule has 0 aliphatic heterocycles. The largest absolute Gasteiger partial charge is 0.334 e. The molecular weight excluding hydrogens is 1060 g/mol. The van der Waals surface area contributed by atoms with E-state index in [2.05, 4.69) is 307 Å². The van der Waals surface area contributed by atoms with Gasteiger partial charge in [-0.25, -0.2) is 0 Å². The molecule has 7 aliphatic rings. The van der Waals surface area contributed by atoms with Crippen molar-refractivity contribution >= 4 is 39.9 Å². The molecule has 15 rings (SSSR count). The van der Waals surface area contributed by atoms with E-state index in [4.69, 9.17) is 0 Å². The van der Waals surface area contributed by atoms with E-state index in [0.717, 1.165) is 56.8 Å². The van der Waals surface area contributed by atoms with Crippen molar-refractivity contribution in [3.63, 3.8) is 0 Å². The summed E-state index contributed by atoms with van der Waals surface area (Å²) in [6, 6.07) is 62.1. The first-order valence-corrected chi connectivity index (χ1v) is 32.8. The first-order valence-electron chi connectivity index (χ1n) is 32.8. The van der Waals surface area contributed by atoms with E-state index in [-0.39, 0.29) is 22.8 Å². The average Bonchev–Trinajstić information content (AvgIpc) is 1.58. The van der Waals surface area contributed by atoms with Gasteiger partial charge in [-0.2, -0.15) is 0 Å². The van der Waals surface area contributed by atoms with Crippen LogP contribution in [-0.2, 0) is 17.3 Å². The molecule has 6 unspecified atom stereocenters. The lowest BCUT2D eigenvalue weighted by atomic mass is 9.74. The molecule has 8 aromatic carbocycles. The molecule has 436 valence electrons. The molecule has 0 spiro atoms. The van der Waals surface area contributed by atoms with E-state index in [1.54, 1.807) is 11.1 Å². The van der Waals surface area contributed by atoms with Crippen LogP contribution in [0.1, 0.15) is 123 Å². The molecule has 0 amide bonds. The van der Waals surface area contributed by atoms with Crippen LogP contribution in [0.3, 0.4) is 0 Å². The van der Waals surface area contributed by atoms with E-state index in [1.165, 1.54) is 111 Å². The highest BCUT2D eigenvalue weighted by Crippen LogP contribution is 2.61. The maximum Gasteiger partial charge on any atom is 0.0528 e. The van der Waals surface area contributed by atoms with Gasteiger partial charge >= 0.3 is 0 Å². The van der Waals surface area contributed by atoms with Crippen LogP contribution < -0.4 is 15.3 Å². The average molecular weight is 1140 g/mol. The summed E-state index contributed by atoms with van der Waals surface area (Å²) in [5.41, 5.74) is 23.7. The number of allylic oxidation sites excluding steroid dienone is 16. The lowest BCUT2D eigenvalue weighted by Gasteiger charge is -2.33. The molecule has 6 atom stereocenters. The van der Waals surface area contributed by atoms with Crippen LogP contribution in [0.4, 0.5) is 11.4 Å². The first-order chi connectivity index (χ1) is 43.0. The zero-order valence-electron chi connectivity index (χ0n) is 52.2. The number of aryl methyl sites for hydroxylation is 2. The summed E-state index contributed by atoms with van der Waals surface area (Å²) in [6.07, 6.45) is 48.0. The predicted octanol–water partition coefficient (Wildman–Crippen LogP) is 21.4. The van der Waals surface area contributed by atoms with Crippen LogP contribution in [0.25, 0.3) is 61.9 Å². The third-order valence-electron chi connectivity index (χ3n) is 20.7. The van der Waals surface area contributed by atoms with Gasteiger partial charge in [0.25, 0.3) is 0 Å². The zero-order valence-corrected chi connectivity index (χ0v) is 52.2. The van der Waals surface area contributed by atoms with Gasteiger partial charge in [0.2, 0.25) is 0 Å². The maximum absolute atomic E-state index is 4.32. The minimum Gasteiger partial charge on any atom is -0.334 e. The Morgan fingerprint density at radius 1 is 0.580 bits per heavy atom. The number of nitrogens with zero attached hydrogens (tertiary/aromatic N) is 1. The van der Waals surface area contributed by atoms with E-state index >= 15 is 0 Å². The molecule has 1 heteroatoms. The number of hydrogen-bond donors (Lipinski definition) is 0. The Balaban J connectivity index is 0.000000245. The topological polar surface area (TPSA) is 3.24 Å². The molecule has 1 fully saturated rings. The molecule has 1 nitrogen and oxygen atoms in total. The Kier molecular flexibility index (Phi) is 15.6. The fourth-order valence-electron chi connectivity index (χ4n) is 15.9. The summed E-state index contributed by atoms with van der Waals surface area (Å²) in [6.45, 7) is 16.1. The first kappa shape index (κ1) is 57.0. The van der Waals surface area contributed by atoms with Crippen molar-refractivity contribution < 1.29 is 0 Å². The van der Waals surface area contributed by atoms with Crippen molar-refractivity contribution in [2.75, 3.05) is 4.90 Å². The molecule has 0 saturated heterocycles. The lowest BCUT2D eigenvalue weighted by molar-refractivity contribution is 0.394. The third kappa shape index (κ3) is 10.8. The molecule has 0 aromatic heterocycles. The van der Waals surface area contributed by atoms with Gasteiger partial charge in [0, 0.05) is 28.6 Å². The SMILES string of the molecule is C=C/C=c1/c(C2C=CC=CCC2)c2cc(N(c3ccc(-c4ccc5c(c4)C(C)(C)C4C=CC=CC54)cc3)C3C=CC=CCC3)ccc2c(-c2ccccc2)/c1=C/CCCc1ccccc1.Cc1ccc(-c2ccc3c(c2)C(C)(C)C2=C3C3CC3C=C2)cc1. The second kappa shape index (κ2) is 24.1. The Morgan fingerprint density at radius 2 is 1.25 bits per heavy atom. The van der Waals surface area contributed by atoms with Gasteiger partial charge in [0.1, 0.15) is 0 Å². The van der Waals surface area contributed by atoms with Crippen LogP contribution in [0.15, 0.2) is 267 Å². The second-order valence-electron chi connectivity index (χ2n) is 26.9. The Labute approximate surface area is 524 Å². The smallest absolute Gasteiger partial charge is 0.0528 e. The number of fused-ring (bicyclic) bond motifs is 8. The van der Waals surface area contributed by atoms with Crippen molar-refractivity contribution in [1.29, 1.82) is 0 Å². The van der Waals surface area contributed by atoms with Crippen molar-refractivity contribution in [3.8, 4) is 33.4 Å². The molecule has 0 radical (unpaired) electrons. The summed E-state index contributed by atoms with van der Waals surface area (Å²) in [5, 5.41) is 5.22. The standard InChI is InChI=1S/C64H61N.C23H22/c1-4-23-56-57(34-20-19-26-46-24-11-9-12-25-46)62(48-29-15-10-16-30-48)58-43-41-53(45-59(58)63(56)49-27-13-5-6-14-28-49)65(51-31-17-7-8-18-32-51)52-39-36-47(37-40-52)50-38-42-55-54-33-21-22-35-60(54)64(2,3)61(55)44-50;1-14-4-6-15(7-5-14)16-8-10-18-21(13-16)23(2,3)20-11-9-17-12-19(17)22(18)20/h4-13,15-17,21-25,27,29-31,33-45,49,51,54,60H,1,14,18-20,26,28,32H2,2-3H3;4-11,13,17,19H,12H2,1-3H3/b56-23+,57-34+;. The van der Waals surface area contributed by atoms with Gasteiger partial charge in [0.15, 0.2) is 0 Å². The zero-order chi connectivity index (χ0) is 59.9. The molecule has 0 heterocycles. The number of unbranched alkanes of at least 4 members (excludes halogenated alkanes) is 1. The molecule has 0 bridgehead atoms. The van der Waals surface area contributed by atoms with Crippen LogP contribution in [-0.4, -0.2) is 6.04 Å². The number of rotatable bonds is 12. The van der Waals surface area contributed by atoms with Gasteiger partial charge in [-0.3, -0.25) is 0 Å². The monoisotopic (exact) mass is 1140 g/mol. The summed E-state index contributed by atoms with van der Waals surface area (Å²) in [7, 11) is 0. The molecule has 8 aromatic rings. The Bertz CT molecular complexity index is 4360. The van der Waals surface area contributed by atoms with Crippen LogP contribution in [0.5, 0.6) is 0 Å². The lowest BCUT2D eigenvalue weighted by Crippen LogP contribution is -2.33. The van der Waals surface area contributed by atoms with Gasteiger partial charge in [0.05, 0.1) is 6.04 Å². The van der Waals surface area contributed by atoms with E-state index < -0.39 is 0 Å². The molecular formula is C87H83N. The molecule has 0 N–H and O–H groups in total. The summed E-state index contributed by atoms with van der Waals surface area (Å²) in [5.74, 6) is 2.81. The van der Waals surface area contributed by atoms with Crippen LogP contribution in [0, 0.1) is 24.7 Å². The molecule has 88 heavy (non-hydrogen) atoms. The fraction of sp³-hybridized carbons (Fsp3) is 0.241. The summed E-state index contributed by atoms with van der Waals surface area (Å²) in [4.78, 5) is 2.60. The molecule has 7 aliphatic carbocycles.